The third-order valence-electron chi connectivity index (χ3n) is 5.20. The van der Waals surface area contributed by atoms with Gasteiger partial charge >= 0.3 is 0 Å². The molecule has 2 aromatic carbocycles. The molecule has 136 valence electrons. The fraction of sp³-hybridized carbons (Fsp3) is 0.318. The predicted molar refractivity (Wildman–Crippen MR) is 101 cm³/mol. The van der Waals surface area contributed by atoms with Crippen LogP contribution in [0.1, 0.15) is 34.3 Å². The topological polar surface area (TPSA) is 40.5 Å². The molecule has 0 aliphatic carbocycles. The summed E-state index contributed by atoms with van der Waals surface area (Å²) >= 11 is 0. The number of rotatable bonds is 5. The van der Waals surface area contributed by atoms with Gasteiger partial charge in [-0.25, -0.2) is 4.39 Å². The molecular formula is C22H24FNO2. The number of aliphatic hydroxyl groups is 1. The van der Waals surface area contributed by atoms with Gasteiger partial charge in [-0.05, 0) is 48.6 Å². The van der Waals surface area contributed by atoms with E-state index in [4.69, 9.17) is 0 Å². The average molecular weight is 353 g/mol. The molecule has 1 aliphatic rings. The smallest absolute Gasteiger partial charge is 0.253 e. The molecule has 2 aromatic rings. The second-order valence-corrected chi connectivity index (χ2v) is 7.08. The van der Waals surface area contributed by atoms with Crippen LogP contribution >= 0.6 is 0 Å². The largest absolute Gasteiger partial charge is 0.396 e. The lowest BCUT2D eigenvalue weighted by Gasteiger charge is -2.42. The van der Waals surface area contributed by atoms with Crippen LogP contribution in [0.25, 0.3) is 6.08 Å². The Morgan fingerprint density at radius 2 is 1.96 bits per heavy atom. The van der Waals surface area contributed by atoms with Crippen LogP contribution in [0.3, 0.4) is 0 Å². The van der Waals surface area contributed by atoms with Crippen LogP contribution in [0.4, 0.5) is 4.39 Å². The predicted octanol–water partition coefficient (Wildman–Crippen LogP) is 3.93. The molecule has 1 fully saturated rings. The summed E-state index contributed by atoms with van der Waals surface area (Å²) in [6.45, 7) is 4.73. The number of aliphatic hydroxyl groups excluding tert-OH is 1. The van der Waals surface area contributed by atoms with Gasteiger partial charge in [0.05, 0.1) is 6.61 Å². The molecule has 0 radical (unpaired) electrons. The summed E-state index contributed by atoms with van der Waals surface area (Å²) in [6, 6.07) is 14.0. The minimum atomic E-state index is -0.503. The number of amides is 1. The van der Waals surface area contributed by atoms with Crippen molar-refractivity contribution in [2.45, 2.75) is 19.3 Å². The number of benzene rings is 2. The molecule has 4 heteroatoms. The van der Waals surface area contributed by atoms with Crippen molar-refractivity contribution < 1.29 is 14.3 Å². The number of likely N-dealkylation sites (tertiary alicyclic amines) is 1. The molecule has 1 heterocycles. The van der Waals surface area contributed by atoms with Crippen molar-refractivity contribution >= 4 is 12.0 Å². The Kier molecular flexibility index (Phi) is 5.52. The summed E-state index contributed by atoms with van der Waals surface area (Å²) in [6.07, 6.45) is 3.73. The van der Waals surface area contributed by atoms with Gasteiger partial charge in [-0.15, -0.1) is 0 Å². The van der Waals surface area contributed by atoms with Gasteiger partial charge in [-0.1, -0.05) is 43.0 Å². The molecule has 0 aromatic heterocycles. The lowest BCUT2D eigenvalue weighted by Crippen LogP contribution is -2.49. The maximum absolute atomic E-state index is 14.1. The van der Waals surface area contributed by atoms with E-state index in [1.54, 1.807) is 41.3 Å². The minimum absolute atomic E-state index is 0.0494. The van der Waals surface area contributed by atoms with Crippen LogP contribution in [0, 0.1) is 11.2 Å². The summed E-state index contributed by atoms with van der Waals surface area (Å²) in [4.78, 5) is 14.6. The lowest BCUT2D eigenvalue weighted by atomic mass is 9.75. The van der Waals surface area contributed by atoms with Crippen molar-refractivity contribution in [1.29, 1.82) is 0 Å². The van der Waals surface area contributed by atoms with E-state index in [-0.39, 0.29) is 18.3 Å². The van der Waals surface area contributed by atoms with Crippen LogP contribution in [0.15, 0.2) is 55.1 Å². The summed E-state index contributed by atoms with van der Waals surface area (Å²) in [5, 5.41) is 10.1. The van der Waals surface area contributed by atoms with Crippen molar-refractivity contribution in [2.24, 2.45) is 5.41 Å². The summed E-state index contributed by atoms with van der Waals surface area (Å²) in [7, 11) is 0. The van der Waals surface area contributed by atoms with Gasteiger partial charge in [0.25, 0.3) is 5.91 Å². The van der Waals surface area contributed by atoms with Gasteiger partial charge in [0, 0.05) is 24.1 Å². The fourth-order valence-electron chi connectivity index (χ4n) is 3.70. The average Bonchev–Trinajstić information content (AvgIpc) is 2.69. The Bertz CT molecular complexity index is 787. The number of halogens is 1. The normalized spacial score (nSPS) is 20.0. The third kappa shape index (κ3) is 3.86. The molecule has 1 unspecified atom stereocenters. The van der Waals surface area contributed by atoms with Gasteiger partial charge in [-0.3, -0.25) is 4.79 Å². The fourth-order valence-corrected chi connectivity index (χ4v) is 3.70. The van der Waals surface area contributed by atoms with E-state index in [9.17, 15) is 14.3 Å². The zero-order valence-electron chi connectivity index (χ0n) is 14.8. The van der Waals surface area contributed by atoms with Crippen molar-refractivity contribution in [2.75, 3.05) is 19.7 Å². The highest BCUT2D eigenvalue weighted by atomic mass is 19.1. The Morgan fingerprint density at radius 1 is 1.23 bits per heavy atom. The zero-order chi connectivity index (χ0) is 18.6. The molecule has 0 spiro atoms. The van der Waals surface area contributed by atoms with Crippen LogP contribution in [-0.2, 0) is 6.42 Å². The number of piperidine rings is 1. The highest BCUT2D eigenvalue weighted by molar-refractivity contribution is 5.94. The maximum atomic E-state index is 14.1. The number of hydrogen-bond donors (Lipinski definition) is 1. The van der Waals surface area contributed by atoms with E-state index in [2.05, 4.69) is 6.58 Å². The first-order valence-electron chi connectivity index (χ1n) is 8.93. The number of carbonyl (C=O) groups excluding carboxylic acids is 1. The number of hydrogen-bond acceptors (Lipinski definition) is 2. The molecular weight excluding hydrogens is 329 g/mol. The minimum Gasteiger partial charge on any atom is -0.396 e. The van der Waals surface area contributed by atoms with Gasteiger partial charge in [0.15, 0.2) is 0 Å². The molecule has 0 bridgehead atoms. The Labute approximate surface area is 153 Å². The second-order valence-electron chi connectivity index (χ2n) is 7.08. The first-order chi connectivity index (χ1) is 12.6. The van der Waals surface area contributed by atoms with Gasteiger partial charge in [-0.2, -0.15) is 0 Å². The van der Waals surface area contributed by atoms with Crippen LogP contribution in [0.5, 0.6) is 0 Å². The second kappa shape index (κ2) is 7.83. The molecule has 3 rings (SSSR count). The monoisotopic (exact) mass is 353 g/mol. The number of nitrogens with zero attached hydrogens (tertiary/aromatic N) is 1. The Hall–Kier alpha value is -2.46. The molecule has 1 saturated heterocycles. The molecule has 0 saturated carbocycles. The van der Waals surface area contributed by atoms with E-state index in [1.807, 2.05) is 12.1 Å². The quantitative estimate of drug-likeness (QED) is 0.885. The van der Waals surface area contributed by atoms with E-state index >= 15 is 0 Å². The van der Waals surface area contributed by atoms with Crippen LogP contribution in [-0.4, -0.2) is 35.6 Å². The standard InChI is InChI=1S/C22H24FNO2/c1-2-17-8-10-18(11-9-17)21(26)24-13-5-12-22(15-24,16-25)14-19-6-3-4-7-20(19)23/h2-4,6-11,25H,1,5,12-16H2. The van der Waals surface area contributed by atoms with Gasteiger partial charge in [0.2, 0.25) is 0 Å². The molecule has 3 nitrogen and oxygen atoms in total. The Balaban J connectivity index is 1.78. The van der Waals surface area contributed by atoms with Gasteiger partial charge < -0.3 is 10.0 Å². The molecule has 1 aliphatic heterocycles. The van der Waals surface area contributed by atoms with Crippen molar-refractivity contribution in [1.82, 2.24) is 4.90 Å². The lowest BCUT2D eigenvalue weighted by molar-refractivity contribution is 0.0268. The highest BCUT2D eigenvalue weighted by Gasteiger charge is 2.37. The first kappa shape index (κ1) is 18.3. The summed E-state index contributed by atoms with van der Waals surface area (Å²) < 4.78 is 14.1. The summed E-state index contributed by atoms with van der Waals surface area (Å²) in [5.41, 5.74) is 1.67. The maximum Gasteiger partial charge on any atom is 0.253 e. The molecule has 1 N–H and O–H groups in total. The van der Waals surface area contributed by atoms with Crippen molar-refractivity contribution in [3.05, 3.63) is 77.6 Å². The van der Waals surface area contributed by atoms with E-state index in [0.29, 0.717) is 30.6 Å². The molecule has 1 atom stereocenters. The van der Waals surface area contributed by atoms with E-state index < -0.39 is 5.41 Å². The summed E-state index contributed by atoms with van der Waals surface area (Å²) in [5.74, 6) is -0.310. The van der Waals surface area contributed by atoms with Crippen molar-refractivity contribution in [3.8, 4) is 0 Å². The van der Waals surface area contributed by atoms with E-state index in [0.717, 1.165) is 18.4 Å². The third-order valence-corrected chi connectivity index (χ3v) is 5.20. The zero-order valence-corrected chi connectivity index (χ0v) is 14.8. The van der Waals surface area contributed by atoms with Crippen LogP contribution < -0.4 is 0 Å². The highest BCUT2D eigenvalue weighted by Crippen LogP contribution is 2.34. The SMILES string of the molecule is C=Cc1ccc(C(=O)N2CCCC(CO)(Cc3ccccc3F)C2)cc1. The first-order valence-corrected chi connectivity index (χ1v) is 8.93. The molecule has 26 heavy (non-hydrogen) atoms. The number of carbonyl (C=O) groups is 1. The van der Waals surface area contributed by atoms with Crippen LogP contribution in [0.2, 0.25) is 0 Å². The Morgan fingerprint density at radius 3 is 2.62 bits per heavy atom. The van der Waals surface area contributed by atoms with E-state index in [1.165, 1.54) is 6.07 Å². The molecule has 1 amide bonds. The van der Waals surface area contributed by atoms with Crippen molar-refractivity contribution in [3.63, 3.8) is 0 Å². The van der Waals surface area contributed by atoms with Gasteiger partial charge in [0.1, 0.15) is 5.82 Å².